The van der Waals surface area contributed by atoms with Gasteiger partial charge in [-0.25, -0.2) is 0 Å². The molecule has 6 rings (SSSR count). The fourth-order valence-electron chi connectivity index (χ4n) is 4.55. The van der Waals surface area contributed by atoms with E-state index in [4.69, 9.17) is 30.2 Å². The van der Waals surface area contributed by atoms with Gasteiger partial charge in [0.25, 0.3) is 0 Å². The van der Waals surface area contributed by atoms with Crippen LogP contribution in [0.1, 0.15) is 18.4 Å². The van der Waals surface area contributed by atoms with Gasteiger partial charge in [0.1, 0.15) is 13.2 Å². The van der Waals surface area contributed by atoms with E-state index in [1.807, 2.05) is 24.3 Å². The summed E-state index contributed by atoms with van der Waals surface area (Å²) in [6.45, 7) is 3.62. The Morgan fingerprint density at radius 1 is 0.943 bits per heavy atom. The Kier molecular flexibility index (Phi) is 6.48. The van der Waals surface area contributed by atoms with E-state index in [2.05, 4.69) is 41.0 Å². The molecule has 3 heterocycles. The van der Waals surface area contributed by atoms with Crippen molar-refractivity contribution in [2.75, 3.05) is 31.7 Å². The van der Waals surface area contributed by atoms with Crippen molar-refractivity contribution in [1.82, 2.24) is 9.69 Å². The van der Waals surface area contributed by atoms with Crippen molar-refractivity contribution in [2.45, 2.75) is 25.4 Å². The summed E-state index contributed by atoms with van der Waals surface area (Å²) in [5.41, 5.74) is 4.20. The molecule has 2 aliphatic rings. The van der Waals surface area contributed by atoms with Crippen LogP contribution < -0.4 is 20.1 Å². The minimum absolute atomic E-state index is 0.505. The van der Waals surface area contributed by atoms with E-state index < -0.39 is 0 Å². The third kappa shape index (κ3) is 4.82. The maximum absolute atomic E-state index is 6.65. The molecule has 1 fully saturated rings. The zero-order chi connectivity index (χ0) is 23.6. The van der Waals surface area contributed by atoms with Crippen molar-refractivity contribution in [3.63, 3.8) is 0 Å². The van der Waals surface area contributed by atoms with Gasteiger partial charge < -0.3 is 24.8 Å². The van der Waals surface area contributed by atoms with Crippen LogP contribution in [0.4, 0.5) is 11.5 Å². The average Bonchev–Trinajstić information content (AvgIpc) is 3.32. The molecule has 0 unspecified atom stereocenters. The van der Waals surface area contributed by atoms with Gasteiger partial charge in [0.05, 0.1) is 15.4 Å². The predicted molar refractivity (Wildman–Crippen MR) is 141 cm³/mol. The fraction of sp³-hybridized carbons (Fsp3) is 0.296. The monoisotopic (exact) mass is 507 g/mol. The molecule has 0 aliphatic carbocycles. The molecule has 1 saturated heterocycles. The maximum Gasteiger partial charge on any atom is 0.161 e. The number of anilines is 2. The van der Waals surface area contributed by atoms with E-state index in [9.17, 15) is 0 Å². The van der Waals surface area contributed by atoms with E-state index in [0.29, 0.717) is 24.3 Å². The summed E-state index contributed by atoms with van der Waals surface area (Å²) in [5, 5.41) is 8.79. The number of rotatable bonds is 6. The maximum atomic E-state index is 6.65. The number of fused-ring (bicyclic) bond motifs is 2. The van der Waals surface area contributed by atoms with Crippen molar-refractivity contribution in [3.8, 4) is 22.6 Å². The quantitative estimate of drug-likeness (QED) is 0.315. The van der Waals surface area contributed by atoms with Gasteiger partial charge in [-0.1, -0.05) is 35.9 Å². The average molecular weight is 508 g/mol. The molecule has 0 spiro atoms. The summed E-state index contributed by atoms with van der Waals surface area (Å²) in [6, 6.07) is 19.0. The van der Waals surface area contributed by atoms with Gasteiger partial charge in [-0.3, -0.25) is 0 Å². The summed E-state index contributed by atoms with van der Waals surface area (Å²) in [4.78, 5) is 0. The molecule has 35 heavy (non-hydrogen) atoms. The summed E-state index contributed by atoms with van der Waals surface area (Å²) < 4.78 is 22.7. The molecule has 2 N–H and O–H groups in total. The highest BCUT2D eigenvalue weighted by Gasteiger charge is 2.17. The third-order valence-corrected chi connectivity index (χ3v) is 7.66. The summed E-state index contributed by atoms with van der Waals surface area (Å²) in [5.74, 6) is 2.38. The van der Waals surface area contributed by atoms with Crippen LogP contribution in [0.25, 0.3) is 21.2 Å². The molecule has 2 aliphatic heterocycles. The Balaban J connectivity index is 1.22. The standard InChI is InChI=1S/C27H26ClN3O3S/c28-22-14-17(16-29-19-8-10-32-11-9-19)4-6-23(22)30-27-21-3-1-2-20(26(21)35-31-27)18-5-7-24-25(15-18)34-13-12-33-24/h1-7,14-15,19,29H,8-13,16H2,(H,30,31). The van der Waals surface area contributed by atoms with E-state index in [1.165, 1.54) is 11.5 Å². The zero-order valence-electron chi connectivity index (χ0n) is 19.2. The van der Waals surface area contributed by atoms with Crippen LogP contribution in [0, 0.1) is 0 Å². The number of nitrogens with zero attached hydrogens (tertiary/aromatic N) is 1. The number of benzene rings is 3. The number of hydrogen-bond donors (Lipinski definition) is 2. The number of aromatic nitrogens is 1. The molecule has 0 radical (unpaired) electrons. The summed E-state index contributed by atoms with van der Waals surface area (Å²) in [6.07, 6.45) is 2.11. The highest BCUT2D eigenvalue weighted by atomic mass is 35.5. The SMILES string of the molecule is Clc1cc(CNC2CCOCC2)ccc1Nc1nsc2c(-c3ccc4c(c3)OCCO4)cccc12. The minimum atomic E-state index is 0.505. The third-order valence-electron chi connectivity index (χ3n) is 6.45. The molecule has 8 heteroatoms. The Morgan fingerprint density at radius 3 is 2.66 bits per heavy atom. The van der Waals surface area contributed by atoms with Gasteiger partial charge in [0, 0.05) is 36.8 Å². The number of ether oxygens (including phenoxy) is 3. The second-order valence-electron chi connectivity index (χ2n) is 8.78. The van der Waals surface area contributed by atoms with Crippen LogP contribution in [-0.2, 0) is 11.3 Å². The van der Waals surface area contributed by atoms with Crippen molar-refractivity contribution in [3.05, 3.63) is 65.2 Å². The van der Waals surface area contributed by atoms with E-state index in [1.54, 1.807) is 0 Å². The van der Waals surface area contributed by atoms with Crippen LogP contribution in [0.5, 0.6) is 11.5 Å². The largest absolute Gasteiger partial charge is 0.486 e. The Labute approximate surface area is 213 Å². The zero-order valence-corrected chi connectivity index (χ0v) is 20.8. The van der Waals surface area contributed by atoms with Crippen molar-refractivity contribution in [2.24, 2.45) is 0 Å². The Bertz CT molecular complexity index is 1350. The van der Waals surface area contributed by atoms with Gasteiger partial charge in [0.15, 0.2) is 17.3 Å². The lowest BCUT2D eigenvalue weighted by Gasteiger charge is -2.23. The molecule has 0 bridgehead atoms. The molecule has 6 nitrogen and oxygen atoms in total. The smallest absolute Gasteiger partial charge is 0.161 e. The fourth-order valence-corrected chi connectivity index (χ4v) is 5.68. The number of hydrogen-bond acceptors (Lipinski definition) is 7. The van der Waals surface area contributed by atoms with Crippen LogP contribution in [0.15, 0.2) is 54.6 Å². The lowest BCUT2D eigenvalue weighted by Crippen LogP contribution is -2.34. The Morgan fingerprint density at radius 2 is 1.80 bits per heavy atom. The van der Waals surface area contributed by atoms with Gasteiger partial charge in [-0.15, -0.1) is 0 Å². The van der Waals surface area contributed by atoms with E-state index in [-0.39, 0.29) is 0 Å². The van der Waals surface area contributed by atoms with Gasteiger partial charge in [-0.05, 0) is 65.8 Å². The molecule has 0 saturated carbocycles. The van der Waals surface area contributed by atoms with Crippen molar-refractivity contribution in [1.29, 1.82) is 0 Å². The van der Waals surface area contributed by atoms with Crippen molar-refractivity contribution < 1.29 is 14.2 Å². The van der Waals surface area contributed by atoms with E-state index in [0.717, 1.165) is 82.4 Å². The summed E-state index contributed by atoms with van der Waals surface area (Å²) >= 11 is 8.13. The molecular weight excluding hydrogens is 482 g/mol. The second kappa shape index (κ2) is 10.0. The molecule has 3 aromatic carbocycles. The molecule has 0 amide bonds. The number of nitrogens with one attached hydrogen (secondary N) is 2. The normalized spacial score (nSPS) is 15.9. The topological polar surface area (TPSA) is 64.6 Å². The molecule has 1 aromatic heterocycles. The minimum Gasteiger partial charge on any atom is -0.486 e. The molecule has 4 aromatic rings. The van der Waals surface area contributed by atoms with Crippen LogP contribution >= 0.6 is 23.1 Å². The first-order chi connectivity index (χ1) is 17.2. The van der Waals surface area contributed by atoms with Crippen LogP contribution in [0.2, 0.25) is 5.02 Å². The van der Waals surface area contributed by atoms with Gasteiger partial charge in [0.2, 0.25) is 0 Å². The molecule has 0 atom stereocenters. The lowest BCUT2D eigenvalue weighted by atomic mass is 10.0. The van der Waals surface area contributed by atoms with Crippen LogP contribution in [0.3, 0.4) is 0 Å². The highest BCUT2D eigenvalue weighted by molar-refractivity contribution is 7.14. The number of halogens is 1. The van der Waals surface area contributed by atoms with Crippen LogP contribution in [-0.4, -0.2) is 36.8 Å². The molecular formula is C27H26ClN3O3S. The highest BCUT2D eigenvalue weighted by Crippen LogP contribution is 2.40. The first-order valence-electron chi connectivity index (χ1n) is 11.9. The Hall–Kier alpha value is -2.84. The van der Waals surface area contributed by atoms with E-state index >= 15 is 0 Å². The predicted octanol–water partition coefficient (Wildman–Crippen LogP) is 6.40. The lowest BCUT2D eigenvalue weighted by molar-refractivity contribution is 0.0776. The second-order valence-corrected chi connectivity index (χ2v) is 9.96. The summed E-state index contributed by atoms with van der Waals surface area (Å²) in [7, 11) is 0. The molecule has 180 valence electrons. The first kappa shape index (κ1) is 22.6. The first-order valence-corrected chi connectivity index (χ1v) is 13.0. The van der Waals surface area contributed by atoms with Gasteiger partial charge in [-0.2, -0.15) is 4.37 Å². The van der Waals surface area contributed by atoms with Gasteiger partial charge >= 0.3 is 0 Å². The van der Waals surface area contributed by atoms with Crippen molar-refractivity contribution >= 4 is 44.7 Å².